The Balaban J connectivity index is 1.66. The molecule has 2 N–H and O–H groups in total. The van der Waals surface area contributed by atoms with Crippen molar-refractivity contribution in [1.82, 2.24) is 0 Å². The van der Waals surface area contributed by atoms with Crippen LogP contribution >= 0.6 is 0 Å². The van der Waals surface area contributed by atoms with E-state index in [-0.39, 0.29) is 0 Å². The third kappa shape index (κ3) is 3.30. The van der Waals surface area contributed by atoms with E-state index < -0.39 is 0 Å². The molecule has 0 fully saturated rings. The smallest absolute Gasteiger partial charge is 0.121 e. The average molecular weight is 282 g/mol. The summed E-state index contributed by atoms with van der Waals surface area (Å²) in [7, 11) is 0. The number of hydrogen-bond acceptors (Lipinski definition) is 3. The van der Waals surface area contributed by atoms with Crippen molar-refractivity contribution in [3.05, 3.63) is 53.6 Å². The van der Waals surface area contributed by atoms with Crippen LogP contribution in [0.3, 0.4) is 0 Å². The Hall–Kier alpha value is -2.16. The molecule has 3 heteroatoms. The van der Waals surface area contributed by atoms with E-state index in [0.717, 1.165) is 44.0 Å². The molecular weight excluding hydrogens is 260 g/mol. The summed E-state index contributed by atoms with van der Waals surface area (Å²) in [4.78, 5) is 0. The van der Waals surface area contributed by atoms with Crippen molar-refractivity contribution in [3.63, 3.8) is 0 Å². The number of fused-ring (bicyclic) bond motifs is 1. The first-order valence-electron chi connectivity index (χ1n) is 7.68. The van der Waals surface area contributed by atoms with Gasteiger partial charge in [-0.15, -0.1) is 0 Å². The van der Waals surface area contributed by atoms with E-state index in [1.807, 2.05) is 12.1 Å². The Labute approximate surface area is 126 Å². The highest BCUT2D eigenvalue weighted by molar-refractivity contribution is 5.62. The summed E-state index contributed by atoms with van der Waals surface area (Å²) in [6.45, 7) is 4.75. The Bertz CT molecular complexity index is 610. The molecule has 0 atom stereocenters. The molecule has 1 aliphatic rings. The average Bonchev–Trinajstić information content (AvgIpc) is 3.00. The van der Waals surface area contributed by atoms with Crippen molar-refractivity contribution < 1.29 is 4.74 Å². The van der Waals surface area contributed by atoms with E-state index in [9.17, 15) is 0 Å². The minimum Gasteiger partial charge on any atom is -0.494 e. The van der Waals surface area contributed by atoms with Gasteiger partial charge in [0.25, 0.3) is 0 Å². The lowest BCUT2D eigenvalue weighted by molar-refractivity contribution is 0.317. The van der Waals surface area contributed by atoms with Gasteiger partial charge in [-0.3, -0.25) is 0 Å². The second-order valence-corrected chi connectivity index (χ2v) is 5.36. The van der Waals surface area contributed by atoms with Crippen molar-refractivity contribution in [3.8, 4) is 5.75 Å². The van der Waals surface area contributed by atoms with Gasteiger partial charge in [0.1, 0.15) is 5.75 Å². The van der Waals surface area contributed by atoms with Crippen LogP contribution in [-0.2, 0) is 13.0 Å². The molecule has 2 aromatic rings. The molecule has 110 valence electrons. The summed E-state index contributed by atoms with van der Waals surface area (Å²) in [6.07, 6.45) is 2.16. The van der Waals surface area contributed by atoms with Gasteiger partial charge in [-0.05, 0) is 36.1 Å². The number of rotatable bonds is 6. The summed E-state index contributed by atoms with van der Waals surface area (Å²) in [5.41, 5.74) is 5.15. The maximum atomic E-state index is 5.67. The summed E-state index contributed by atoms with van der Waals surface area (Å²) in [5.74, 6) is 0.929. The van der Waals surface area contributed by atoms with Crippen molar-refractivity contribution in [2.24, 2.45) is 0 Å². The number of ether oxygens (including phenoxy) is 1. The van der Waals surface area contributed by atoms with E-state index in [2.05, 4.69) is 47.9 Å². The Morgan fingerprint density at radius 3 is 3.00 bits per heavy atom. The van der Waals surface area contributed by atoms with Crippen LogP contribution in [-0.4, -0.2) is 13.2 Å². The topological polar surface area (TPSA) is 33.3 Å². The van der Waals surface area contributed by atoms with Gasteiger partial charge in [-0.2, -0.15) is 0 Å². The lowest BCUT2D eigenvalue weighted by atomic mass is 10.1. The Morgan fingerprint density at radius 2 is 2.10 bits per heavy atom. The highest BCUT2D eigenvalue weighted by Crippen LogP contribution is 2.27. The highest BCUT2D eigenvalue weighted by atomic mass is 16.5. The van der Waals surface area contributed by atoms with Gasteiger partial charge in [0, 0.05) is 30.5 Å². The molecule has 1 aliphatic heterocycles. The first-order chi connectivity index (χ1) is 10.4. The molecular formula is C18H22N2O. The van der Waals surface area contributed by atoms with E-state index in [4.69, 9.17) is 4.74 Å². The molecule has 2 aromatic carbocycles. The summed E-state index contributed by atoms with van der Waals surface area (Å²) < 4.78 is 5.67. The lowest BCUT2D eigenvalue weighted by Crippen LogP contribution is -2.03. The zero-order valence-electron chi connectivity index (χ0n) is 12.5. The highest BCUT2D eigenvalue weighted by Gasteiger charge is 2.13. The number of para-hydroxylation sites is 1. The quantitative estimate of drug-likeness (QED) is 0.838. The van der Waals surface area contributed by atoms with Crippen molar-refractivity contribution in [2.45, 2.75) is 26.3 Å². The van der Waals surface area contributed by atoms with Gasteiger partial charge in [-0.25, -0.2) is 0 Å². The van der Waals surface area contributed by atoms with Gasteiger partial charge in [0.05, 0.1) is 6.61 Å². The molecule has 0 spiro atoms. The first-order valence-corrected chi connectivity index (χ1v) is 7.68. The van der Waals surface area contributed by atoms with Crippen LogP contribution < -0.4 is 15.4 Å². The summed E-state index contributed by atoms with van der Waals surface area (Å²) >= 11 is 0. The third-order valence-corrected chi connectivity index (χ3v) is 3.72. The molecule has 0 aromatic heterocycles. The number of anilines is 2. The monoisotopic (exact) mass is 282 g/mol. The standard InChI is InChI=1S/C18H22N2O/c1-2-11-21-17-8-4-7-16(12-17)20-13-15-6-3-5-14-9-10-19-18(14)15/h3-8,12,19-20H,2,9-11,13H2,1H3. The second kappa shape index (κ2) is 6.53. The predicted octanol–water partition coefficient (Wildman–Crippen LogP) is 4.06. The molecule has 3 rings (SSSR count). The molecule has 0 radical (unpaired) electrons. The molecule has 0 saturated heterocycles. The number of benzene rings is 2. The fourth-order valence-electron chi connectivity index (χ4n) is 2.67. The van der Waals surface area contributed by atoms with Gasteiger partial charge in [0.15, 0.2) is 0 Å². The van der Waals surface area contributed by atoms with Crippen molar-refractivity contribution in [1.29, 1.82) is 0 Å². The van der Waals surface area contributed by atoms with Crippen molar-refractivity contribution in [2.75, 3.05) is 23.8 Å². The zero-order chi connectivity index (χ0) is 14.5. The molecule has 1 heterocycles. The SMILES string of the molecule is CCCOc1cccc(NCc2cccc3c2NCC3)c1. The molecule has 0 saturated carbocycles. The Morgan fingerprint density at radius 1 is 1.19 bits per heavy atom. The van der Waals surface area contributed by atoms with Gasteiger partial charge in [0.2, 0.25) is 0 Å². The first kappa shape index (κ1) is 13.8. The van der Waals surface area contributed by atoms with Gasteiger partial charge >= 0.3 is 0 Å². The molecule has 0 bridgehead atoms. The molecule has 0 unspecified atom stereocenters. The van der Waals surface area contributed by atoms with E-state index in [1.165, 1.54) is 16.8 Å². The van der Waals surface area contributed by atoms with Crippen LogP contribution in [0.5, 0.6) is 5.75 Å². The number of hydrogen-bond donors (Lipinski definition) is 2. The predicted molar refractivity (Wildman–Crippen MR) is 88.2 cm³/mol. The third-order valence-electron chi connectivity index (χ3n) is 3.72. The van der Waals surface area contributed by atoms with Crippen LogP contribution in [0.1, 0.15) is 24.5 Å². The maximum Gasteiger partial charge on any atom is 0.121 e. The molecule has 0 amide bonds. The minimum atomic E-state index is 0.763. The van der Waals surface area contributed by atoms with E-state index >= 15 is 0 Å². The van der Waals surface area contributed by atoms with Crippen molar-refractivity contribution >= 4 is 11.4 Å². The summed E-state index contributed by atoms with van der Waals surface area (Å²) in [5, 5.41) is 6.97. The molecule has 0 aliphatic carbocycles. The number of nitrogens with one attached hydrogen (secondary N) is 2. The fraction of sp³-hybridized carbons (Fsp3) is 0.333. The normalized spacial score (nSPS) is 12.6. The van der Waals surface area contributed by atoms with Crippen LogP contribution in [0.4, 0.5) is 11.4 Å². The van der Waals surface area contributed by atoms with Crippen LogP contribution in [0.2, 0.25) is 0 Å². The minimum absolute atomic E-state index is 0.763. The molecule has 3 nitrogen and oxygen atoms in total. The van der Waals surface area contributed by atoms with E-state index in [0.29, 0.717) is 0 Å². The maximum absolute atomic E-state index is 5.67. The van der Waals surface area contributed by atoms with Gasteiger partial charge in [-0.1, -0.05) is 31.2 Å². The van der Waals surface area contributed by atoms with Gasteiger partial charge < -0.3 is 15.4 Å². The summed E-state index contributed by atoms with van der Waals surface area (Å²) in [6, 6.07) is 14.7. The lowest BCUT2D eigenvalue weighted by Gasteiger charge is -2.12. The fourth-order valence-corrected chi connectivity index (χ4v) is 2.67. The van der Waals surface area contributed by atoms with Crippen LogP contribution in [0, 0.1) is 0 Å². The molecule has 21 heavy (non-hydrogen) atoms. The largest absolute Gasteiger partial charge is 0.494 e. The second-order valence-electron chi connectivity index (χ2n) is 5.36. The van der Waals surface area contributed by atoms with Crippen LogP contribution in [0.25, 0.3) is 0 Å². The zero-order valence-corrected chi connectivity index (χ0v) is 12.5. The van der Waals surface area contributed by atoms with E-state index in [1.54, 1.807) is 0 Å². The Kier molecular flexibility index (Phi) is 4.29. The van der Waals surface area contributed by atoms with Crippen LogP contribution in [0.15, 0.2) is 42.5 Å².